The topological polar surface area (TPSA) is 102 Å². The molecule has 0 aliphatic carbocycles. The Morgan fingerprint density at radius 2 is 1.90 bits per heavy atom. The Morgan fingerprint density at radius 3 is 2.45 bits per heavy atom. The summed E-state index contributed by atoms with van der Waals surface area (Å²) in [7, 11) is -3.91. The number of hydrogen-bond acceptors (Lipinski definition) is 5. The number of anilines is 1. The van der Waals surface area contributed by atoms with Gasteiger partial charge in [0.15, 0.2) is 5.79 Å². The number of para-hydroxylation sites is 1. The van der Waals surface area contributed by atoms with E-state index in [1.807, 2.05) is 0 Å². The number of hydrogen-bond donors (Lipinski definition) is 1. The van der Waals surface area contributed by atoms with Gasteiger partial charge in [-0.1, -0.05) is 18.2 Å². The van der Waals surface area contributed by atoms with Crippen molar-refractivity contribution >= 4 is 15.7 Å². The molecule has 1 fully saturated rings. The monoisotopic (exact) mass is 308 g/mol. The normalized spacial score (nSPS) is 25.1. The molecule has 2 atom stereocenters. The molecule has 1 aliphatic rings. The fourth-order valence-electron chi connectivity index (χ4n) is 2.21. The fraction of sp³-hybridized carbons (Fsp3) is 0.500. The van der Waals surface area contributed by atoms with Crippen LogP contribution in [0.4, 0.5) is 5.69 Å². The quantitative estimate of drug-likeness (QED) is 0.561. The molecular weight excluding hydrogens is 291 g/mol. The summed E-state index contributed by atoms with van der Waals surface area (Å²) in [6, 6.07) is 7.08. The van der Waals surface area contributed by atoms with Gasteiger partial charge in [0, 0.05) is 11.3 Å². The van der Waals surface area contributed by atoms with Crippen molar-refractivity contribution in [1.29, 1.82) is 0 Å². The zero-order chi connectivity index (χ0) is 14.3. The zero-order valence-electron chi connectivity index (χ0n) is 11.8. The van der Waals surface area contributed by atoms with Crippen LogP contribution in [0.15, 0.2) is 24.3 Å². The Morgan fingerprint density at radius 1 is 1.30 bits per heavy atom. The van der Waals surface area contributed by atoms with E-state index in [2.05, 4.69) is 0 Å². The molecule has 0 radical (unpaired) electrons. The van der Waals surface area contributed by atoms with Gasteiger partial charge in [-0.05, 0) is 19.9 Å². The Kier molecular flexibility index (Phi) is 5.65. The van der Waals surface area contributed by atoms with Crippen LogP contribution in [0.5, 0.6) is 0 Å². The number of nitrogen functional groups attached to an aromatic ring is 1. The molecule has 1 heterocycles. The van der Waals surface area contributed by atoms with Gasteiger partial charge in [-0.25, -0.2) is 8.42 Å². The van der Waals surface area contributed by atoms with Gasteiger partial charge in [0.25, 0.3) is 0 Å². The van der Waals surface area contributed by atoms with E-state index < -0.39 is 33.8 Å². The van der Waals surface area contributed by atoms with E-state index >= 15 is 0 Å². The Balaban J connectivity index is 0.00000200. The van der Waals surface area contributed by atoms with Crippen molar-refractivity contribution in [2.45, 2.75) is 31.8 Å². The molecule has 0 bridgehead atoms. The van der Waals surface area contributed by atoms with Crippen molar-refractivity contribution in [2.24, 2.45) is 0 Å². The van der Waals surface area contributed by atoms with E-state index in [1.165, 1.54) is 0 Å². The van der Waals surface area contributed by atoms with Gasteiger partial charge in [-0.15, -0.1) is 0 Å². The maximum Gasteiger partial charge on any atom is 1.00 e. The molecule has 1 saturated heterocycles. The van der Waals surface area contributed by atoms with Crippen LogP contribution >= 0.6 is 0 Å². The van der Waals surface area contributed by atoms with Gasteiger partial charge < -0.3 is 20.3 Å². The van der Waals surface area contributed by atoms with Crippen molar-refractivity contribution < 1.29 is 47.4 Å². The van der Waals surface area contributed by atoms with Crippen LogP contribution in [-0.2, 0) is 19.5 Å². The van der Waals surface area contributed by atoms with Crippen molar-refractivity contribution in [1.82, 2.24) is 0 Å². The number of benzene rings is 1. The van der Waals surface area contributed by atoms with E-state index in [0.29, 0.717) is 11.3 Å². The molecule has 6 nitrogen and oxygen atoms in total. The maximum absolute atomic E-state index is 11.2. The third kappa shape index (κ3) is 4.42. The minimum absolute atomic E-state index is 0. The molecule has 1 aromatic carbocycles. The van der Waals surface area contributed by atoms with Crippen LogP contribution in [0.2, 0.25) is 0 Å². The average molecular weight is 308 g/mol. The third-order valence-corrected chi connectivity index (χ3v) is 3.64. The fourth-order valence-corrected chi connectivity index (χ4v) is 2.88. The summed E-state index contributed by atoms with van der Waals surface area (Å²) >= 11 is 0. The maximum atomic E-state index is 11.2. The second-order valence-corrected chi connectivity index (χ2v) is 6.57. The van der Waals surface area contributed by atoms with Gasteiger partial charge in [0.1, 0.15) is 12.2 Å². The van der Waals surface area contributed by atoms with Crippen molar-refractivity contribution in [2.75, 3.05) is 11.5 Å². The Labute approximate surface area is 141 Å². The summed E-state index contributed by atoms with van der Waals surface area (Å²) in [6.07, 6.45) is -1.32. The number of rotatable bonds is 3. The molecule has 0 unspecified atom stereocenters. The minimum Gasteiger partial charge on any atom is -0.564 e. The molecule has 8 heteroatoms. The molecule has 1 aromatic rings. The standard InChI is InChI=1S/C12H17N2O4S.Na/c1-12(2)17-10(7-19(14,15)16)11(18-12)8-5-3-4-6-9(8)13;/h3-6,10-11H,7,13H2,1-2H3,(H-,14,15,16);/q-1;+1/t10-,11+;/m0./s1. The molecular formula is C12H17N2NaO4S. The Bertz CT molecular complexity index is 577. The molecule has 106 valence electrons. The van der Waals surface area contributed by atoms with E-state index in [1.54, 1.807) is 38.1 Å². The second kappa shape index (κ2) is 6.31. The van der Waals surface area contributed by atoms with Crippen LogP contribution in [0.25, 0.3) is 5.14 Å². The van der Waals surface area contributed by atoms with Gasteiger partial charge >= 0.3 is 29.6 Å². The number of nitrogens with one attached hydrogen (secondary N) is 1. The molecule has 0 aromatic heterocycles. The van der Waals surface area contributed by atoms with Crippen LogP contribution in [0, 0.1) is 0 Å². The summed E-state index contributed by atoms with van der Waals surface area (Å²) < 4.78 is 33.6. The first-order valence-electron chi connectivity index (χ1n) is 5.85. The largest absolute Gasteiger partial charge is 1.00 e. The second-order valence-electron chi connectivity index (χ2n) is 5.00. The first kappa shape index (κ1) is 17.9. The molecule has 0 amide bonds. The van der Waals surface area contributed by atoms with Gasteiger partial charge in [0.05, 0.1) is 15.8 Å². The van der Waals surface area contributed by atoms with Crippen molar-refractivity contribution in [3.05, 3.63) is 35.0 Å². The predicted octanol–water partition coefficient (Wildman–Crippen LogP) is -1.15. The Hall–Kier alpha value is -0.150. The summed E-state index contributed by atoms with van der Waals surface area (Å²) in [6.45, 7) is 3.41. The van der Waals surface area contributed by atoms with E-state index in [9.17, 15) is 8.42 Å². The number of sulfonamides is 1. The van der Waals surface area contributed by atoms with Gasteiger partial charge in [-0.3, -0.25) is 0 Å². The molecule has 0 spiro atoms. The molecule has 0 saturated carbocycles. The predicted molar refractivity (Wildman–Crippen MR) is 71.7 cm³/mol. The molecule has 1 aliphatic heterocycles. The summed E-state index contributed by atoms with van der Waals surface area (Å²) in [5.41, 5.74) is 7.08. The third-order valence-electron chi connectivity index (χ3n) is 2.87. The van der Waals surface area contributed by atoms with E-state index in [4.69, 9.17) is 20.3 Å². The summed E-state index contributed by atoms with van der Waals surface area (Å²) in [4.78, 5) is 0. The van der Waals surface area contributed by atoms with Crippen LogP contribution in [-0.4, -0.2) is 26.1 Å². The molecule has 3 N–H and O–H groups in total. The van der Waals surface area contributed by atoms with Crippen molar-refractivity contribution in [3.8, 4) is 0 Å². The number of nitrogens with two attached hydrogens (primary N) is 1. The number of ether oxygens (including phenoxy) is 2. The summed E-state index contributed by atoms with van der Waals surface area (Å²) in [5.74, 6) is -1.32. The molecule has 20 heavy (non-hydrogen) atoms. The van der Waals surface area contributed by atoms with Crippen molar-refractivity contribution in [3.63, 3.8) is 0 Å². The van der Waals surface area contributed by atoms with Crippen LogP contribution in [0.1, 0.15) is 25.5 Å². The SMILES string of the molecule is CC1(C)O[C@@H](CS([NH-])(=O)=O)[C@@H](c2ccccc2N)O1.[Na+]. The van der Waals surface area contributed by atoms with Crippen LogP contribution < -0.4 is 35.3 Å². The van der Waals surface area contributed by atoms with Gasteiger partial charge in [-0.2, -0.15) is 0 Å². The summed E-state index contributed by atoms with van der Waals surface area (Å²) in [5, 5.41) is 7.04. The first-order chi connectivity index (χ1) is 8.68. The van der Waals surface area contributed by atoms with Crippen LogP contribution in [0.3, 0.4) is 0 Å². The first-order valence-corrected chi connectivity index (χ1v) is 7.50. The molecule has 2 rings (SSSR count). The smallest absolute Gasteiger partial charge is 0.564 e. The van der Waals surface area contributed by atoms with Gasteiger partial charge in [0.2, 0.25) is 0 Å². The zero-order valence-corrected chi connectivity index (χ0v) is 14.6. The average Bonchev–Trinajstić information content (AvgIpc) is 2.51. The van der Waals surface area contributed by atoms with E-state index in [0.717, 1.165) is 0 Å². The van der Waals surface area contributed by atoms with E-state index in [-0.39, 0.29) is 29.6 Å². The minimum atomic E-state index is -3.91.